The second-order valence-corrected chi connectivity index (χ2v) is 10.3. The van der Waals surface area contributed by atoms with E-state index in [4.69, 9.17) is 9.47 Å². The number of nitrogens with zero attached hydrogens (tertiary/aromatic N) is 3. The van der Waals surface area contributed by atoms with Crippen molar-refractivity contribution in [1.82, 2.24) is 19.9 Å². The lowest BCUT2D eigenvalue weighted by Crippen LogP contribution is -2.41. The second-order valence-electron chi connectivity index (χ2n) is 10.3. The van der Waals surface area contributed by atoms with Gasteiger partial charge in [-0.3, -0.25) is 4.90 Å². The first-order chi connectivity index (χ1) is 16.3. The summed E-state index contributed by atoms with van der Waals surface area (Å²) in [4.78, 5) is 15.3. The van der Waals surface area contributed by atoms with Crippen LogP contribution in [0.1, 0.15) is 55.3 Å². The molecular formula is C26H31N5O2. The smallest absolute Gasteiger partial charge is 0.143 e. The first kappa shape index (κ1) is 19.8. The third-order valence-corrected chi connectivity index (χ3v) is 8.01. The van der Waals surface area contributed by atoms with E-state index in [1.54, 1.807) is 6.33 Å². The number of hydrogen-bond acceptors (Lipinski definition) is 6. The highest BCUT2D eigenvalue weighted by Gasteiger charge is 2.43. The number of hydrogen-bond donors (Lipinski definition) is 2. The minimum atomic E-state index is 0.0967. The van der Waals surface area contributed by atoms with Crippen LogP contribution in [0.25, 0.3) is 11.0 Å². The van der Waals surface area contributed by atoms with Gasteiger partial charge in [-0.15, -0.1) is 0 Å². The van der Waals surface area contributed by atoms with Gasteiger partial charge < -0.3 is 19.8 Å². The van der Waals surface area contributed by atoms with Crippen LogP contribution in [0.15, 0.2) is 36.7 Å². The standard InChI is InChI=1S/C26H31N5O2/c1-2-5-22-19(4-1)23(18(14-32-22)13-31-10-9-26(15-31)8-3-11-33-26)30-25-20-12-21(17-6-7-17)29-24(20)27-16-28-25/h1-2,4-5,12,16-18,23H,3,6-11,13-15H2,(H2,27,28,29,30)/t18-,23+,26?/m0/s1. The highest BCUT2D eigenvalue weighted by Crippen LogP contribution is 2.43. The number of para-hydroxylation sites is 1. The molecule has 0 amide bonds. The fraction of sp³-hybridized carbons (Fsp3) is 0.538. The average molecular weight is 446 g/mol. The van der Waals surface area contributed by atoms with E-state index in [1.165, 1.54) is 36.9 Å². The molecule has 0 bridgehead atoms. The lowest BCUT2D eigenvalue weighted by molar-refractivity contribution is 0.0104. The van der Waals surface area contributed by atoms with Gasteiger partial charge in [-0.25, -0.2) is 9.97 Å². The zero-order valence-corrected chi connectivity index (χ0v) is 18.9. The van der Waals surface area contributed by atoms with Gasteiger partial charge in [-0.2, -0.15) is 0 Å². The Kier molecular flexibility index (Phi) is 4.62. The van der Waals surface area contributed by atoms with Crippen molar-refractivity contribution in [1.29, 1.82) is 0 Å². The third-order valence-electron chi connectivity index (χ3n) is 8.01. The van der Waals surface area contributed by atoms with Crippen molar-refractivity contribution >= 4 is 16.9 Å². The summed E-state index contributed by atoms with van der Waals surface area (Å²) in [5.74, 6) is 2.86. The highest BCUT2D eigenvalue weighted by atomic mass is 16.5. The molecule has 7 rings (SSSR count). The van der Waals surface area contributed by atoms with Crippen LogP contribution in [0, 0.1) is 5.92 Å². The number of benzene rings is 1. The fourth-order valence-electron chi connectivity index (χ4n) is 6.10. The molecule has 3 aromatic rings. The maximum absolute atomic E-state index is 6.23. The zero-order valence-electron chi connectivity index (χ0n) is 18.9. The molecule has 1 spiro atoms. The highest BCUT2D eigenvalue weighted by molar-refractivity contribution is 5.88. The maximum Gasteiger partial charge on any atom is 0.143 e. The summed E-state index contributed by atoms with van der Waals surface area (Å²) in [7, 11) is 0. The summed E-state index contributed by atoms with van der Waals surface area (Å²) in [6.07, 6.45) is 7.74. The van der Waals surface area contributed by atoms with E-state index in [9.17, 15) is 0 Å². The summed E-state index contributed by atoms with van der Waals surface area (Å²) in [6.45, 7) is 4.75. The van der Waals surface area contributed by atoms with E-state index in [0.29, 0.717) is 18.4 Å². The van der Waals surface area contributed by atoms with Crippen molar-refractivity contribution in [2.75, 3.05) is 38.2 Å². The van der Waals surface area contributed by atoms with E-state index in [2.05, 4.69) is 55.5 Å². The summed E-state index contributed by atoms with van der Waals surface area (Å²) in [6, 6.07) is 10.8. The van der Waals surface area contributed by atoms with Gasteiger partial charge in [0.1, 0.15) is 23.5 Å². The van der Waals surface area contributed by atoms with Crippen molar-refractivity contribution < 1.29 is 9.47 Å². The normalized spacial score (nSPS) is 29.5. The minimum Gasteiger partial charge on any atom is -0.493 e. The van der Waals surface area contributed by atoms with Gasteiger partial charge in [0.15, 0.2) is 0 Å². The average Bonchev–Trinajstić information content (AvgIpc) is 3.25. The van der Waals surface area contributed by atoms with Crippen LogP contribution >= 0.6 is 0 Å². The van der Waals surface area contributed by atoms with Gasteiger partial charge >= 0.3 is 0 Å². The van der Waals surface area contributed by atoms with Crippen molar-refractivity contribution in [3.05, 3.63) is 47.9 Å². The van der Waals surface area contributed by atoms with E-state index in [0.717, 1.165) is 55.3 Å². The number of fused-ring (bicyclic) bond motifs is 2. The summed E-state index contributed by atoms with van der Waals surface area (Å²) >= 11 is 0. The molecular weight excluding hydrogens is 414 g/mol. The molecule has 2 N–H and O–H groups in total. The Morgan fingerprint density at radius 1 is 1.18 bits per heavy atom. The molecule has 1 aromatic carbocycles. The molecule has 3 fully saturated rings. The van der Waals surface area contributed by atoms with Crippen LogP contribution in [0.2, 0.25) is 0 Å². The minimum absolute atomic E-state index is 0.0967. The summed E-state index contributed by atoms with van der Waals surface area (Å²) in [5.41, 5.74) is 3.52. The van der Waals surface area contributed by atoms with E-state index in [-0.39, 0.29) is 11.6 Å². The Balaban J connectivity index is 1.18. The Bertz CT molecular complexity index is 1170. The van der Waals surface area contributed by atoms with Crippen LogP contribution in [0.5, 0.6) is 5.75 Å². The van der Waals surface area contributed by atoms with Crippen LogP contribution < -0.4 is 10.1 Å². The van der Waals surface area contributed by atoms with Crippen molar-refractivity contribution in [3.8, 4) is 5.75 Å². The van der Waals surface area contributed by atoms with Crippen molar-refractivity contribution in [2.45, 2.75) is 49.7 Å². The molecule has 172 valence electrons. The molecule has 7 heteroatoms. The predicted molar refractivity (Wildman–Crippen MR) is 127 cm³/mol. The van der Waals surface area contributed by atoms with Crippen molar-refractivity contribution in [3.63, 3.8) is 0 Å². The number of H-pyrrole nitrogens is 1. The number of anilines is 1. The Morgan fingerprint density at radius 2 is 2.12 bits per heavy atom. The zero-order chi connectivity index (χ0) is 21.8. The molecule has 33 heavy (non-hydrogen) atoms. The molecule has 2 saturated heterocycles. The van der Waals surface area contributed by atoms with Gasteiger partial charge in [-0.1, -0.05) is 18.2 Å². The monoisotopic (exact) mass is 445 g/mol. The largest absolute Gasteiger partial charge is 0.493 e. The summed E-state index contributed by atoms with van der Waals surface area (Å²) < 4.78 is 12.4. The fourth-order valence-corrected chi connectivity index (χ4v) is 6.10. The number of aromatic amines is 1. The van der Waals surface area contributed by atoms with Gasteiger partial charge in [0.2, 0.25) is 0 Å². The van der Waals surface area contributed by atoms with Crippen LogP contribution in [0.4, 0.5) is 5.82 Å². The molecule has 7 nitrogen and oxygen atoms in total. The number of nitrogens with one attached hydrogen (secondary N) is 2. The number of aromatic nitrogens is 3. The number of ether oxygens (including phenoxy) is 2. The van der Waals surface area contributed by atoms with Gasteiger partial charge in [-0.05, 0) is 50.2 Å². The molecule has 1 aliphatic carbocycles. The topological polar surface area (TPSA) is 75.3 Å². The molecule has 2 aromatic heterocycles. The van der Waals surface area contributed by atoms with Gasteiger partial charge in [0.25, 0.3) is 0 Å². The van der Waals surface area contributed by atoms with E-state index in [1.807, 2.05) is 0 Å². The van der Waals surface area contributed by atoms with Crippen LogP contribution in [-0.2, 0) is 4.74 Å². The molecule has 5 heterocycles. The van der Waals surface area contributed by atoms with Gasteiger partial charge in [0.05, 0.1) is 23.6 Å². The first-order valence-corrected chi connectivity index (χ1v) is 12.4. The molecule has 3 aliphatic heterocycles. The Morgan fingerprint density at radius 3 is 3.00 bits per heavy atom. The maximum atomic E-state index is 6.23. The lowest BCUT2D eigenvalue weighted by atomic mass is 9.90. The molecule has 1 unspecified atom stereocenters. The predicted octanol–water partition coefficient (Wildman–Crippen LogP) is 4.25. The number of rotatable bonds is 5. The third kappa shape index (κ3) is 3.58. The van der Waals surface area contributed by atoms with Crippen LogP contribution in [-0.4, -0.2) is 58.3 Å². The van der Waals surface area contributed by atoms with E-state index >= 15 is 0 Å². The Labute approximate surface area is 193 Å². The molecule has 4 aliphatic rings. The van der Waals surface area contributed by atoms with Crippen molar-refractivity contribution in [2.24, 2.45) is 5.92 Å². The van der Waals surface area contributed by atoms with E-state index < -0.39 is 0 Å². The SMILES string of the molecule is c1ccc2c(c1)OC[C@H](CN1CCC3(CCCO3)C1)[C@H]2Nc1ncnc2[nH]c(C3CC3)cc12. The number of likely N-dealkylation sites (tertiary alicyclic amines) is 1. The second kappa shape index (κ2) is 7.71. The first-order valence-electron chi connectivity index (χ1n) is 12.4. The molecule has 1 saturated carbocycles. The van der Waals surface area contributed by atoms with Crippen LogP contribution in [0.3, 0.4) is 0 Å². The summed E-state index contributed by atoms with van der Waals surface area (Å²) in [5, 5.41) is 4.91. The Hall–Kier alpha value is -2.64. The van der Waals surface area contributed by atoms with Gasteiger partial charge in [0, 0.05) is 43.4 Å². The quantitative estimate of drug-likeness (QED) is 0.612. The molecule has 3 atom stereocenters. The molecule has 0 radical (unpaired) electrons. The lowest BCUT2D eigenvalue weighted by Gasteiger charge is -2.37.